The first-order chi connectivity index (χ1) is 15.3. The van der Waals surface area contributed by atoms with Crippen molar-refractivity contribution in [1.82, 2.24) is 4.98 Å². The number of carbonyl (C=O) groups is 1. The first-order valence-electron chi connectivity index (χ1n) is 11.6. The first-order valence-corrected chi connectivity index (χ1v) is 18.0. The van der Waals surface area contributed by atoms with Gasteiger partial charge in [0.05, 0.1) is 21.9 Å². The molecule has 0 aliphatic carbocycles. The second-order valence-electron chi connectivity index (χ2n) is 10.7. The summed E-state index contributed by atoms with van der Waals surface area (Å²) in [6.45, 7) is 17.3. The van der Waals surface area contributed by atoms with E-state index in [1.54, 1.807) is 10.4 Å². The van der Waals surface area contributed by atoms with Crippen LogP contribution in [0, 0.1) is 19.9 Å². The maximum Gasteiger partial charge on any atom is 0.155 e. The van der Waals surface area contributed by atoms with Crippen LogP contribution in [0.3, 0.4) is 0 Å². The molecular weight excluding hydrogens is 631 g/mol. The minimum atomic E-state index is -1.37. The Bertz CT molecular complexity index is 1220. The molecule has 0 bridgehead atoms. The summed E-state index contributed by atoms with van der Waals surface area (Å²) in [5.74, 6) is -0.0625. The van der Waals surface area contributed by atoms with Gasteiger partial charge in [-0.25, -0.2) is 0 Å². The van der Waals surface area contributed by atoms with E-state index < -0.39 is 16.1 Å². The number of allylic oxidation sites excluding steroid dienone is 2. The fourth-order valence-corrected chi connectivity index (χ4v) is 15.0. The van der Waals surface area contributed by atoms with Crippen LogP contribution in [0.5, 0.6) is 0 Å². The smallest absolute Gasteiger partial charge is 0.155 e. The number of carbonyl (C=O) groups excluding carboxylic acids is 1. The van der Waals surface area contributed by atoms with Crippen molar-refractivity contribution in [3.63, 3.8) is 0 Å². The Kier molecular flexibility index (Phi) is 9.03. The molecule has 4 rings (SSSR count). The minimum Gasteiger partial charge on any atom is -0.512 e. The summed E-state index contributed by atoms with van der Waals surface area (Å²) in [7, 11) is -2.69. The van der Waals surface area contributed by atoms with Gasteiger partial charge >= 0.3 is 0 Å². The number of aliphatic hydroxyl groups is 1. The van der Waals surface area contributed by atoms with Crippen LogP contribution < -0.4 is 10.4 Å². The Hall–Kier alpha value is -1.86. The third kappa shape index (κ3) is 6.42. The van der Waals surface area contributed by atoms with Crippen molar-refractivity contribution in [2.45, 2.75) is 66.0 Å². The van der Waals surface area contributed by atoms with Crippen molar-refractivity contribution in [3.05, 3.63) is 65.6 Å². The van der Waals surface area contributed by atoms with E-state index in [9.17, 15) is 4.79 Å². The second-order valence-corrected chi connectivity index (χ2v) is 20.3. The van der Waals surface area contributed by atoms with E-state index in [1.807, 2.05) is 6.20 Å². The van der Waals surface area contributed by atoms with E-state index in [-0.39, 0.29) is 31.6 Å². The zero-order chi connectivity index (χ0) is 24.6. The number of aromatic nitrogens is 1. The Morgan fingerprint density at radius 1 is 1.00 bits per heavy atom. The van der Waals surface area contributed by atoms with Gasteiger partial charge in [0.15, 0.2) is 5.78 Å². The van der Waals surface area contributed by atoms with E-state index in [0.717, 1.165) is 11.3 Å². The zero-order valence-electron chi connectivity index (χ0n) is 21.6. The number of pyridine rings is 1. The third-order valence-corrected chi connectivity index (χ3v) is 14.0. The molecule has 3 aromatic rings. The normalized spacial score (nSPS) is 16.1. The van der Waals surface area contributed by atoms with Crippen LogP contribution in [0.4, 0.5) is 0 Å². The van der Waals surface area contributed by atoms with Crippen LogP contribution >= 0.6 is 0 Å². The molecule has 0 unspecified atom stereocenters. The molecule has 0 amide bonds. The van der Waals surface area contributed by atoms with Crippen molar-refractivity contribution in [2.24, 2.45) is 0 Å². The molecule has 183 valence electrons. The standard InChI is InChI=1S/C23H28NSi2.C5H8O2.Ir/c1-16-11-17(2)13-19(12-16)23-20-15-22-21(14-18(20)7-8-24-23)25(3,4)9-10-26(22,5)6;1-4(6)3-5(2)7;/h7-8,11-12,14-15H,9-10H2,1-6H3;3,6H,1-2H3;/q-1;;/b;4-3-;. The fourth-order valence-electron chi connectivity index (χ4n) is 4.77. The van der Waals surface area contributed by atoms with Crippen molar-refractivity contribution in [2.75, 3.05) is 0 Å². The molecule has 1 aliphatic rings. The van der Waals surface area contributed by atoms with Gasteiger partial charge in [-0.15, -0.1) is 34.9 Å². The van der Waals surface area contributed by atoms with Crippen LogP contribution in [0.2, 0.25) is 38.3 Å². The second kappa shape index (κ2) is 10.8. The molecule has 0 spiro atoms. The van der Waals surface area contributed by atoms with E-state index in [1.165, 1.54) is 53.9 Å². The van der Waals surface area contributed by atoms with Crippen LogP contribution in [0.1, 0.15) is 25.0 Å². The summed E-state index contributed by atoms with van der Waals surface area (Å²) >= 11 is 0. The number of rotatable bonds is 2. The van der Waals surface area contributed by atoms with E-state index in [2.05, 4.69) is 76.4 Å². The summed E-state index contributed by atoms with van der Waals surface area (Å²) in [4.78, 5) is 14.8. The largest absolute Gasteiger partial charge is 0.512 e. The summed E-state index contributed by atoms with van der Waals surface area (Å²) in [5.41, 5.74) is 4.67. The predicted molar refractivity (Wildman–Crippen MR) is 146 cm³/mol. The molecule has 2 heterocycles. The molecule has 1 aliphatic heterocycles. The fraction of sp³-hybridized carbons (Fsp3) is 0.357. The number of nitrogens with zero attached hydrogens (tertiary/aromatic N) is 1. The summed E-state index contributed by atoms with van der Waals surface area (Å²) in [5, 5.41) is 14.4. The molecule has 3 nitrogen and oxygen atoms in total. The van der Waals surface area contributed by atoms with Gasteiger partial charge < -0.3 is 10.1 Å². The Morgan fingerprint density at radius 2 is 1.59 bits per heavy atom. The Morgan fingerprint density at radius 3 is 2.09 bits per heavy atom. The van der Waals surface area contributed by atoms with Crippen LogP contribution in [-0.2, 0) is 24.9 Å². The number of aryl methyl sites for hydroxylation is 2. The minimum absolute atomic E-state index is 0. The Labute approximate surface area is 220 Å². The monoisotopic (exact) mass is 667 g/mol. The number of benzene rings is 2. The number of ketones is 1. The van der Waals surface area contributed by atoms with Gasteiger partial charge in [-0.3, -0.25) is 4.79 Å². The van der Waals surface area contributed by atoms with Crippen molar-refractivity contribution >= 4 is 43.1 Å². The molecule has 0 saturated carbocycles. The average Bonchev–Trinajstić information content (AvgIpc) is 2.69. The van der Waals surface area contributed by atoms with Gasteiger partial charge in [0, 0.05) is 32.4 Å². The molecule has 0 fully saturated rings. The third-order valence-electron chi connectivity index (χ3n) is 6.55. The summed E-state index contributed by atoms with van der Waals surface area (Å²) in [6, 6.07) is 18.0. The Balaban J connectivity index is 0.000000449. The van der Waals surface area contributed by atoms with Crippen LogP contribution in [0.15, 0.2) is 48.4 Å². The van der Waals surface area contributed by atoms with Crippen molar-refractivity contribution in [1.29, 1.82) is 0 Å². The van der Waals surface area contributed by atoms with Gasteiger partial charge in [0.1, 0.15) is 0 Å². The number of fused-ring (bicyclic) bond motifs is 2. The predicted octanol–water partition coefficient (Wildman–Crippen LogP) is 6.20. The first kappa shape index (κ1) is 28.4. The maximum absolute atomic E-state index is 10.0. The zero-order valence-corrected chi connectivity index (χ0v) is 26.0. The van der Waals surface area contributed by atoms with Crippen LogP contribution in [-0.4, -0.2) is 32.0 Å². The topological polar surface area (TPSA) is 50.2 Å². The van der Waals surface area contributed by atoms with Gasteiger partial charge in [-0.1, -0.05) is 74.6 Å². The quantitative estimate of drug-likeness (QED) is 0.154. The van der Waals surface area contributed by atoms with Gasteiger partial charge in [-0.05, 0) is 36.4 Å². The van der Waals surface area contributed by atoms with E-state index in [0.29, 0.717) is 0 Å². The number of aliphatic hydroxyl groups excluding tert-OH is 1. The molecule has 1 radical (unpaired) electrons. The van der Waals surface area contributed by atoms with E-state index in [4.69, 9.17) is 10.1 Å². The maximum atomic E-state index is 10.0. The molecule has 0 atom stereocenters. The molecule has 1 aromatic heterocycles. The average molecular weight is 667 g/mol. The molecular formula is C28H36IrNO2Si2-. The summed E-state index contributed by atoms with van der Waals surface area (Å²) in [6.07, 6.45) is 3.13. The SMILES string of the molecule is CC(=O)/C=C(/C)O.Cc1[c-]c(-c2nccc3cc4c(cc23)[Si](C)(C)CC[Si]4(C)C)cc(C)c1.[Ir]. The molecule has 2 aromatic carbocycles. The van der Waals surface area contributed by atoms with Gasteiger partial charge in [0.25, 0.3) is 0 Å². The van der Waals surface area contributed by atoms with Crippen molar-refractivity contribution < 1.29 is 30.0 Å². The van der Waals surface area contributed by atoms with Gasteiger partial charge in [0.2, 0.25) is 0 Å². The summed E-state index contributed by atoms with van der Waals surface area (Å²) < 4.78 is 0. The number of hydrogen-bond acceptors (Lipinski definition) is 3. The molecule has 6 heteroatoms. The van der Waals surface area contributed by atoms with Crippen LogP contribution in [0.25, 0.3) is 22.0 Å². The molecule has 34 heavy (non-hydrogen) atoms. The van der Waals surface area contributed by atoms with E-state index >= 15 is 0 Å². The van der Waals surface area contributed by atoms with Gasteiger partial charge in [-0.2, -0.15) is 0 Å². The van der Waals surface area contributed by atoms with Crippen molar-refractivity contribution in [3.8, 4) is 11.3 Å². The number of hydrogen-bond donors (Lipinski definition) is 1. The molecule has 0 saturated heterocycles. The molecule has 1 N–H and O–H groups in total.